The van der Waals surface area contributed by atoms with Crippen molar-refractivity contribution in [3.8, 4) is 0 Å². The molecule has 0 aromatic rings. The van der Waals surface area contributed by atoms with Crippen LogP contribution in [0.1, 0.15) is 26.7 Å². The Bertz CT molecular complexity index is 278. The Balaban J connectivity index is -0.0000000637. The molecule has 0 rings (SSSR count). The first-order valence-corrected chi connectivity index (χ1v) is 4.56. The van der Waals surface area contributed by atoms with Gasteiger partial charge in [-0.15, -0.1) is 0 Å². The minimum absolute atomic E-state index is 0. The molecular formula is C9H15NNa2O8. The van der Waals surface area contributed by atoms with Gasteiger partial charge in [0, 0.05) is 18.4 Å². The first-order chi connectivity index (χ1) is 8.00. The third kappa shape index (κ3) is 64.7. The maximum atomic E-state index is 9.99. The molecule has 11 heteroatoms. The predicted octanol–water partition coefficient (Wildman–Crippen LogP) is -9.22. The molecule has 0 bridgehead atoms. The Hall–Kier alpha value is -0.160. The molecule has 0 saturated carbocycles. The molecule has 20 heavy (non-hydrogen) atoms. The molecule has 0 spiro atoms. The second-order valence-electron chi connectivity index (χ2n) is 2.86. The average molecular weight is 311 g/mol. The molecule has 0 fully saturated rings. The standard InChI is InChI=1S/C5H9NO4.2C2H4O2.2Na/c6-3(5(9)10)1-2-4(7)8;2*1-2(3)4;;/h3H,1-2,6H2,(H,7,8)(H,9,10);2*1H3,(H,3,4);;/q;;;2*+1/p-2/t3-;;;;/m0..../s1. The molecule has 0 saturated heterocycles. The van der Waals surface area contributed by atoms with Crippen LogP contribution >= 0.6 is 0 Å². The second-order valence-corrected chi connectivity index (χ2v) is 2.86. The summed E-state index contributed by atoms with van der Waals surface area (Å²) in [5.74, 6) is -4.36. The monoisotopic (exact) mass is 311 g/mol. The van der Waals surface area contributed by atoms with E-state index in [1.54, 1.807) is 0 Å². The summed E-state index contributed by atoms with van der Waals surface area (Å²) in [6.45, 7) is 1.94. The van der Waals surface area contributed by atoms with E-state index in [-0.39, 0.29) is 72.0 Å². The topological polar surface area (TPSA) is 181 Å². The number of carboxylic acids is 4. The fraction of sp³-hybridized carbons (Fsp3) is 0.556. The van der Waals surface area contributed by atoms with Gasteiger partial charge in [-0.05, 0) is 20.3 Å². The molecule has 0 heterocycles. The van der Waals surface area contributed by atoms with Crippen LogP contribution in [0.25, 0.3) is 0 Å². The SMILES string of the molecule is CC(=O)[O-].CC(=O)[O-].N[C@@H](CCC(=O)O)C(=O)O.[Na+].[Na+]. The zero-order valence-electron chi connectivity index (χ0n) is 11.9. The van der Waals surface area contributed by atoms with Crippen LogP contribution in [0, 0.1) is 0 Å². The summed E-state index contributed by atoms with van der Waals surface area (Å²) in [5.41, 5.74) is 5.00. The number of hydrogen-bond acceptors (Lipinski definition) is 7. The van der Waals surface area contributed by atoms with E-state index in [1.165, 1.54) is 0 Å². The largest absolute Gasteiger partial charge is 1.00 e. The van der Waals surface area contributed by atoms with Crippen LogP contribution in [0.15, 0.2) is 0 Å². The zero-order chi connectivity index (χ0) is 15.3. The Labute approximate surface area is 160 Å². The van der Waals surface area contributed by atoms with Gasteiger partial charge in [-0.3, -0.25) is 9.59 Å². The maximum absolute atomic E-state index is 9.99. The number of aliphatic carboxylic acids is 4. The molecule has 0 aromatic carbocycles. The van der Waals surface area contributed by atoms with E-state index in [0.29, 0.717) is 0 Å². The van der Waals surface area contributed by atoms with Crippen molar-refractivity contribution >= 4 is 23.9 Å². The quantitative estimate of drug-likeness (QED) is 0.424. The molecule has 0 aromatic heterocycles. The zero-order valence-corrected chi connectivity index (χ0v) is 15.9. The van der Waals surface area contributed by atoms with Gasteiger partial charge in [0.05, 0.1) is 0 Å². The summed E-state index contributed by atoms with van der Waals surface area (Å²) in [4.78, 5) is 37.6. The van der Waals surface area contributed by atoms with Crippen molar-refractivity contribution in [2.45, 2.75) is 32.7 Å². The molecule has 4 N–H and O–H groups in total. The van der Waals surface area contributed by atoms with Crippen LogP contribution in [-0.2, 0) is 19.2 Å². The summed E-state index contributed by atoms with van der Waals surface area (Å²) < 4.78 is 0. The number of carboxylic acid groups (broad SMARTS) is 4. The Morgan fingerprint density at radius 1 is 1.00 bits per heavy atom. The van der Waals surface area contributed by atoms with Crippen molar-refractivity contribution in [2.75, 3.05) is 0 Å². The van der Waals surface area contributed by atoms with Gasteiger partial charge in [-0.2, -0.15) is 0 Å². The summed E-state index contributed by atoms with van der Waals surface area (Å²) in [7, 11) is 0. The molecule has 0 radical (unpaired) electrons. The fourth-order valence-corrected chi connectivity index (χ4v) is 0.402. The number of carbonyl (C=O) groups excluding carboxylic acids is 2. The van der Waals surface area contributed by atoms with Gasteiger partial charge in [-0.1, -0.05) is 0 Å². The van der Waals surface area contributed by atoms with Crippen LogP contribution in [-0.4, -0.2) is 40.1 Å². The first kappa shape index (κ1) is 32.0. The number of hydrogen-bond donors (Lipinski definition) is 3. The molecule has 0 aliphatic carbocycles. The molecular weight excluding hydrogens is 296 g/mol. The van der Waals surface area contributed by atoms with E-state index >= 15 is 0 Å². The van der Waals surface area contributed by atoms with Crippen LogP contribution in [0.5, 0.6) is 0 Å². The van der Waals surface area contributed by atoms with Crippen molar-refractivity contribution in [3.63, 3.8) is 0 Å². The fourth-order valence-electron chi connectivity index (χ4n) is 0.402. The average Bonchev–Trinajstić information content (AvgIpc) is 2.11. The van der Waals surface area contributed by atoms with Crippen LogP contribution in [0.3, 0.4) is 0 Å². The van der Waals surface area contributed by atoms with Crippen molar-refractivity contribution in [2.24, 2.45) is 5.73 Å². The van der Waals surface area contributed by atoms with Gasteiger partial charge in [0.2, 0.25) is 0 Å². The molecule has 0 aliphatic heterocycles. The summed E-state index contributed by atoms with van der Waals surface area (Å²) in [5, 5.41) is 34.1. The minimum atomic E-state index is -1.17. The van der Waals surface area contributed by atoms with Crippen LogP contribution in [0.4, 0.5) is 0 Å². The van der Waals surface area contributed by atoms with Crippen molar-refractivity contribution in [1.82, 2.24) is 0 Å². The second kappa shape index (κ2) is 21.1. The molecule has 106 valence electrons. The van der Waals surface area contributed by atoms with Gasteiger partial charge in [-0.25, -0.2) is 0 Å². The van der Waals surface area contributed by atoms with Gasteiger partial charge < -0.3 is 35.7 Å². The van der Waals surface area contributed by atoms with E-state index in [9.17, 15) is 9.59 Å². The number of carbonyl (C=O) groups is 4. The maximum Gasteiger partial charge on any atom is 1.00 e. The summed E-state index contributed by atoms with van der Waals surface area (Å²) in [6, 6.07) is -1.06. The molecule has 1 atom stereocenters. The van der Waals surface area contributed by atoms with Crippen molar-refractivity contribution < 1.29 is 98.7 Å². The Morgan fingerprint density at radius 2 is 1.25 bits per heavy atom. The van der Waals surface area contributed by atoms with E-state index < -0.39 is 29.9 Å². The predicted molar refractivity (Wildman–Crippen MR) is 53.8 cm³/mol. The smallest absolute Gasteiger partial charge is 0.550 e. The number of nitrogens with two attached hydrogens (primary N) is 1. The third-order valence-corrected chi connectivity index (χ3v) is 0.986. The van der Waals surface area contributed by atoms with Gasteiger partial charge in [0.15, 0.2) is 0 Å². The number of rotatable bonds is 4. The normalized spacial score (nSPS) is 8.75. The minimum Gasteiger partial charge on any atom is -0.550 e. The van der Waals surface area contributed by atoms with E-state index in [2.05, 4.69) is 0 Å². The molecule has 0 unspecified atom stereocenters. The van der Waals surface area contributed by atoms with Crippen LogP contribution in [0.2, 0.25) is 0 Å². The third-order valence-electron chi connectivity index (χ3n) is 0.986. The molecule has 0 aliphatic rings. The summed E-state index contributed by atoms with van der Waals surface area (Å²) >= 11 is 0. The van der Waals surface area contributed by atoms with Gasteiger partial charge in [0.1, 0.15) is 6.04 Å². The Morgan fingerprint density at radius 3 is 1.40 bits per heavy atom. The van der Waals surface area contributed by atoms with Gasteiger partial charge >= 0.3 is 71.1 Å². The van der Waals surface area contributed by atoms with E-state index in [0.717, 1.165) is 13.8 Å². The first-order valence-electron chi connectivity index (χ1n) is 4.56. The van der Waals surface area contributed by atoms with Gasteiger partial charge in [0.25, 0.3) is 0 Å². The van der Waals surface area contributed by atoms with Crippen molar-refractivity contribution in [1.29, 1.82) is 0 Å². The van der Waals surface area contributed by atoms with E-state index in [4.69, 9.17) is 35.7 Å². The van der Waals surface area contributed by atoms with E-state index in [1.807, 2.05) is 0 Å². The molecule has 0 amide bonds. The summed E-state index contributed by atoms with van der Waals surface area (Å²) in [6.07, 6.45) is -0.224. The Kier molecular flexibility index (Phi) is 33.8. The van der Waals surface area contributed by atoms with Crippen LogP contribution < -0.4 is 75.1 Å². The van der Waals surface area contributed by atoms with Crippen molar-refractivity contribution in [3.05, 3.63) is 0 Å². The molecule has 9 nitrogen and oxygen atoms in total.